The number of aromatic nitrogens is 2. The molecule has 2 rings (SSSR count). The Balaban J connectivity index is 2.08. The highest BCUT2D eigenvalue weighted by Gasteiger charge is 2.19. The second-order valence-corrected chi connectivity index (χ2v) is 7.25. The molecular formula is C13H14N4O4S2. The van der Waals surface area contributed by atoms with Crippen molar-refractivity contribution in [2.45, 2.75) is 23.4 Å². The Morgan fingerprint density at radius 1 is 1.48 bits per heavy atom. The number of nitrogens with zero attached hydrogens (tertiary/aromatic N) is 3. The standard InChI is InChI=1S/C13H14N4O4S2/c1-7(22-13-16-15-8(2)23-13)12(18)14-10-5-4-9(17(19)20)6-11(10)21-3/h4-7H,1-3H3,(H,14,18)/t7-/m0/s1. The number of carbonyl (C=O) groups excluding carboxylic acids is 1. The summed E-state index contributed by atoms with van der Waals surface area (Å²) in [5.74, 6) is -0.0217. The number of aryl methyl sites for hydroxylation is 1. The smallest absolute Gasteiger partial charge is 0.273 e. The minimum atomic E-state index is -0.523. The van der Waals surface area contributed by atoms with E-state index in [4.69, 9.17) is 4.74 Å². The number of carbonyl (C=O) groups is 1. The third-order valence-electron chi connectivity index (χ3n) is 2.81. The van der Waals surface area contributed by atoms with Crippen LogP contribution in [0.4, 0.5) is 11.4 Å². The minimum Gasteiger partial charge on any atom is -0.494 e. The molecule has 0 aliphatic heterocycles. The molecule has 1 aromatic carbocycles. The highest BCUT2D eigenvalue weighted by Crippen LogP contribution is 2.31. The molecule has 0 aliphatic rings. The topological polar surface area (TPSA) is 107 Å². The third kappa shape index (κ3) is 4.39. The Morgan fingerprint density at radius 2 is 2.22 bits per heavy atom. The van der Waals surface area contributed by atoms with Crippen molar-refractivity contribution in [1.29, 1.82) is 0 Å². The summed E-state index contributed by atoms with van der Waals surface area (Å²) in [5.41, 5.74) is 0.274. The molecule has 2 aromatic rings. The van der Waals surface area contributed by atoms with E-state index in [-0.39, 0.29) is 17.3 Å². The van der Waals surface area contributed by atoms with E-state index in [0.717, 1.165) is 5.01 Å². The first kappa shape index (κ1) is 17.2. The number of thioether (sulfide) groups is 1. The van der Waals surface area contributed by atoms with Crippen molar-refractivity contribution in [2.24, 2.45) is 0 Å². The third-order valence-corrected chi connectivity index (χ3v) is 4.83. The van der Waals surface area contributed by atoms with Gasteiger partial charge in [-0.3, -0.25) is 14.9 Å². The zero-order valence-corrected chi connectivity index (χ0v) is 14.2. The van der Waals surface area contributed by atoms with Crippen LogP contribution in [0.5, 0.6) is 5.75 Å². The molecule has 1 heterocycles. The maximum Gasteiger partial charge on any atom is 0.273 e. The fraction of sp³-hybridized carbons (Fsp3) is 0.308. The number of ether oxygens (including phenoxy) is 1. The van der Waals surface area contributed by atoms with Gasteiger partial charge in [0.2, 0.25) is 5.91 Å². The normalized spacial score (nSPS) is 11.8. The molecule has 23 heavy (non-hydrogen) atoms. The van der Waals surface area contributed by atoms with Gasteiger partial charge in [-0.2, -0.15) is 0 Å². The van der Waals surface area contributed by atoms with E-state index in [1.54, 1.807) is 6.92 Å². The number of nitro groups is 1. The van der Waals surface area contributed by atoms with E-state index in [9.17, 15) is 14.9 Å². The van der Waals surface area contributed by atoms with Crippen LogP contribution in [-0.4, -0.2) is 33.4 Å². The van der Waals surface area contributed by atoms with Crippen LogP contribution in [0.3, 0.4) is 0 Å². The molecule has 0 saturated heterocycles. The van der Waals surface area contributed by atoms with Crippen molar-refractivity contribution in [3.8, 4) is 5.75 Å². The van der Waals surface area contributed by atoms with E-state index in [2.05, 4.69) is 15.5 Å². The molecule has 122 valence electrons. The van der Waals surface area contributed by atoms with Crippen molar-refractivity contribution in [3.63, 3.8) is 0 Å². The Bertz CT molecular complexity index is 735. The van der Waals surface area contributed by atoms with Crippen molar-refractivity contribution in [3.05, 3.63) is 33.3 Å². The van der Waals surface area contributed by atoms with Crippen LogP contribution in [0.1, 0.15) is 11.9 Å². The number of nitrogens with one attached hydrogen (secondary N) is 1. The summed E-state index contributed by atoms with van der Waals surface area (Å²) in [7, 11) is 1.39. The molecule has 10 heteroatoms. The van der Waals surface area contributed by atoms with Gasteiger partial charge in [-0.15, -0.1) is 10.2 Å². The maximum absolute atomic E-state index is 12.2. The van der Waals surface area contributed by atoms with Crippen LogP contribution in [0.15, 0.2) is 22.5 Å². The highest BCUT2D eigenvalue weighted by molar-refractivity contribution is 8.02. The minimum absolute atomic E-state index is 0.105. The molecule has 0 unspecified atom stereocenters. The van der Waals surface area contributed by atoms with Gasteiger partial charge in [-0.25, -0.2) is 0 Å². The zero-order valence-electron chi connectivity index (χ0n) is 12.6. The van der Waals surface area contributed by atoms with E-state index in [1.165, 1.54) is 48.4 Å². The Kier molecular flexibility index (Phi) is 5.50. The number of anilines is 1. The first-order chi connectivity index (χ1) is 10.9. The fourth-order valence-corrected chi connectivity index (χ4v) is 3.62. The molecule has 1 N–H and O–H groups in total. The van der Waals surface area contributed by atoms with E-state index in [0.29, 0.717) is 10.0 Å². The second-order valence-electron chi connectivity index (χ2n) is 4.48. The second kappa shape index (κ2) is 7.38. The highest BCUT2D eigenvalue weighted by atomic mass is 32.2. The van der Waals surface area contributed by atoms with Gasteiger partial charge >= 0.3 is 0 Å². The van der Waals surface area contributed by atoms with Crippen LogP contribution in [0.2, 0.25) is 0 Å². The van der Waals surface area contributed by atoms with Crippen LogP contribution < -0.4 is 10.1 Å². The molecule has 0 aliphatic carbocycles. The average molecular weight is 354 g/mol. The molecule has 1 atom stereocenters. The molecule has 0 fully saturated rings. The van der Waals surface area contributed by atoms with Crippen molar-refractivity contribution >= 4 is 40.4 Å². The lowest BCUT2D eigenvalue weighted by Gasteiger charge is -2.13. The van der Waals surface area contributed by atoms with E-state index < -0.39 is 10.2 Å². The quantitative estimate of drug-likeness (QED) is 0.483. The summed E-state index contributed by atoms with van der Waals surface area (Å²) in [5, 5.41) is 21.8. The van der Waals surface area contributed by atoms with Crippen LogP contribution in [-0.2, 0) is 4.79 Å². The summed E-state index contributed by atoms with van der Waals surface area (Å²) in [4.78, 5) is 22.5. The first-order valence-electron chi connectivity index (χ1n) is 6.50. The number of methoxy groups -OCH3 is 1. The monoisotopic (exact) mass is 354 g/mol. The van der Waals surface area contributed by atoms with E-state index in [1.807, 2.05) is 6.92 Å². The van der Waals surface area contributed by atoms with Crippen LogP contribution in [0.25, 0.3) is 0 Å². The maximum atomic E-state index is 12.2. The van der Waals surface area contributed by atoms with Gasteiger partial charge in [0.05, 0.1) is 29.0 Å². The SMILES string of the molecule is COc1cc([N+](=O)[O-])ccc1NC(=O)[C@H](C)Sc1nnc(C)s1. The molecular weight excluding hydrogens is 340 g/mol. The molecule has 0 saturated carbocycles. The predicted molar refractivity (Wildman–Crippen MR) is 88.2 cm³/mol. The van der Waals surface area contributed by atoms with Gasteiger partial charge in [0.1, 0.15) is 10.8 Å². The summed E-state index contributed by atoms with van der Waals surface area (Å²) in [6, 6.07) is 4.02. The molecule has 1 aromatic heterocycles. The molecule has 0 spiro atoms. The molecule has 0 radical (unpaired) electrons. The number of rotatable bonds is 6. The van der Waals surface area contributed by atoms with Gasteiger partial charge < -0.3 is 10.1 Å². The van der Waals surface area contributed by atoms with Gasteiger partial charge in [0.25, 0.3) is 5.69 Å². The lowest BCUT2D eigenvalue weighted by atomic mass is 10.2. The Hall–Kier alpha value is -2.20. The van der Waals surface area contributed by atoms with Crippen LogP contribution >= 0.6 is 23.1 Å². The van der Waals surface area contributed by atoms with Crippen molar-refractivity contribution < 1.29 is 14.5 Å². The fourth-order valence-electron chi connectivity index (χ4n) is 1.66. The Morgan fingerprint density at radius 3 is 2.78 bits per heavy atom. The summed E-state index contributed by atoms with van der Waals surface area (Å²) >= 11 is 2.71. The number of hydrogen-bond donors (Lipinski definition) is 1. The van der Waals surface area contributed by atoms with Gasteiger partial charge in [-0.1, -0.05) is 23.1 Å². The first-order valence-corrected chi connectivity index (χ1v) is 8.20. The molecule has 1 amide bonds. The average Bonchev–Trinajstić information content (AvgIpc) is 2.92. The number of benzene rings is 1. The van der Waals surface area contributed by atoms with Gasteiger partial charge in [-0.05, 0) is 19.9 Å². The van der Waals surface area contributed by atoms with Crippen molar-refractivity contribution in [2.75, 3.05) is 12.4 Å². The Labute approximate surface area is 140 Å². The number of hydrogen-bond acceptors (Lipinski definition) is 8. The number of nitro benzene ring substituents is 1. The largest absolute Gasteiger partial charge is 0.494 e. The van der Waals surface area contributed by atoms with Crippen LogP contribution in [0, 0.1) is 17.0 Å². The molecule has 8 nitrogen and oxygen atoms in total. The lowest BCUT2D eigenvalue weighted by Crippen LogP contribution is -2.22. The van der Waals surface area contributed by atoms with E-state index >= 15 is 0 Å². The molecule has 0 bridgehead atoms. The summed E-state index contributed by atoms with van der Waals surface area (Å²) < 4.78 is 5.80. The summed E-state index contributed by atoms with van der Waals surface area (Å²) in [6.45, 7) is 3.59. The number of non-ortho nitro benzene ring substituents is 1. The summed E-state index contributed by atoms with van der Waals surface area (Å²) in [6.07, 6.45) is 0. The predicted octanol–water partition coefficient (Wildman–Crippen LogP) is 2.88. The van der Waals surface area contributed by atoms with Gasteiger partial charge in [0.15, 0.2) is 4.34 Å². The zero-order chi connectivity index (χ0) is 17.0. The number of amides is 1. The van der Waals surface area contributed by atoms with Crippen molar-refractivity contribution in [1.82, 2.24) is 10.2 Å². The van der Waals surface area contributed by atoms with Gasteiger partial charge in [0, 0.05) is 6.07 Å². The lowest BCUT2D eigenvalue weighted by molar-refractivity contribution is -0.384.